The lowest BCUT2D eigenvalue weighted by atomic mass is 10.2. The zero-order valence-electron chi connectivity index (χ0n) is 8.29. The number of ether oxygens (including phenoxy) is 1. The zero-order valence-corrected chi connectivity index (χ0v) is 8.29. The molecule has 0 aromatic heterocycles. The molecule has 0 aliphatic rings. The van der Waals surface area contributed by atoms with Gasteiger partial charge in [0, 0.05) is 11.6 Å². The summed E-state index contributed by atoms with van der Waals surface area (Å²) >= 11 is 0. The lowest BCUT2D eigenvalue weighted by Crippen LogP contribution is -2.17. The van der Waals surface area contributed by atoms with E-state index in [1.165, 1.54) is 0 Å². The number of primary amides is 1. The minimum absolute atomic E-state index is 0.231. The van der Waals surface area contributed by atoms with E-state index in [1.807, 2.05) is 0 Å². The van der Waals surface area contributed by atoms with E-state index in [0.717, 1.165) is 30.4 Å². The maximum atomic E-state index is 13.1. The van der Waals surface area contributed by atoms with Crippen LogP contribution >= 0.6 is 0 Å². The Bertz CT molecular complexity index is 454. The van der Waals surface area contributed by atoms with Crippen molar-refractivity contribution in [3.8, 4) is 5.75 Å². The van der Waals surface area contributed by atoms with Crippen molar-refractivity contribution in [3.63, 3.8) is 0 Å². The highest BCUT2D eigenvalue weighted by Gasteiger charge is 2.31. The minimum Gasteiger partial charge on any atom is -0.406 e. The number of carbonyl (C=O) groups excluding carboxylic acids is 1. The molecule has 92 valence electrons. The largest absolute Gasteiger partial charge is 0.573 e. The average Bonchev–Trinajstić information content (AvgIpc) is 2.16. The smallest absolute Gasteiger partial charge is 0.406 e. The van der Waals surface area contributed by atoms with E-state index in [0.29, 0.717) is 0 Å². The van der Waals surface area contributed by atoms with Crippen molar-refractivity contribution >= 4 is 12.0 Å². The summed E-state index contributed by atoms with van der Waals surface area (Å²) in [5.41, 5.74) is 4.54. The molecule has 7 heteroatoms. The summed E-state index contributed by atoms with van der Waals surface area (Å²) in [4.78, 5) is 10.4. The lowest BCUT2D eigenvalue weighted by molar-refractivity contribution is -0.274. The number of nitrogens with two attached hydrogens (primary N) is 1. The van der Waals surface area contributed by atoms with E-state index in [4.69, 9.17) is 5.73 Å². The van der Waals surface area contributed by atoms with Crippen LogP contribution in [0.4, 0.5) is 17.6 Å². The first kappa shape index (κ1) is 13.0. The fourth-order valence-electron chi connectivity index (χ4n) is 1.02. The second-order valence-corrected chi connectivity index (χ2v) is 2.97. The highest BCUT2D eigenvalue weighted by Crippen LogP contribution is 2.25. The van der Waals surface area contributed by atoms with Crippen molar-refractivity contribution in [2.75, 3.05) is 0 Å². The SMILES string of the molecule is NC(=O)/C=C/c1cc(OC(F)(F)F)ccc1F. The Morgan fingerprint density at radius 3 is 2.53 bits per heavy atom. The van der Waals surface area contributed by atoms with Crippen molar-refractivity contribution in [1.82, 2.24) is 0 Å². The molecular weight excluding hydrogens is 242 g/mol. The van der Waals surface area contributed by atoms with Gasteiger partial charge in [-0.3, -0.25) is 4.79 Å². The number of hydrogen-bond acceptors (Lipinski definition) is 2. The second kappa shape index (κ2) is 4.86. The molecule has 0 fully saturated rings. The van der Waals surface area contributed by atoms with Crippen LogP contribution in [0.2, 0.25) is 0 Å². The predicted octanol–water partition coefficient (Wildman–Crippen LogP) is 2.22. The van der Waals surface area contributed by atoms with Gasteiger partial charge < -0.3 is 10.5 Å². The summed E-state index contributed by atoms with van der Waals surface area (Å²) in [5.74, 6) is -2.22. The van der Waals surface area contributed by atoms with Crippen LogP contribution in [0.1, 0.15) is 5.56 Å². The van der Waals surface area contributed by atoms with Gasteiger partial charge >= 0.3 is 6.36 Å². The third-order valence-corrected chi connectivity index (χ3v) is 1.63. The summed E-state index contributed by atoms with van der Waals surface area (Å²) in [5, 5.41) is 0. The number of alkyl halides is 3. The second-order valence-electron chi connectivity index (χ2n) is 2.97. The molecule has 0 radical (unpaired) electrons. The Hall–Kier alpha value is -2.05. The van der Waals surface area contributed by atoms with Crippen LogP contribution in [-0.2, 0) is 4.79 Å². The highest BCUT2D eigenvalue weighted by molar-refractivity contribution is 5.90. The van der Waals surface area contributed by atoms with Crippen molar-refractivity contribution in [1.29, 1.82) is 0 Å². The Kier molecular flexibility index (Phi) is 3.72. The lowest BCUT2D eigenvalue weighted by Gasteiger charge is -2.09. The Morgan fingerprint density at radius 2 is 2.00 bits per heavy atom. The fourth-order valence-corrected chi connectivity index (χ4v) is 1.02. The van der Waals surface area contributed by atoms with Crippen LogP contribution in [0.5, 0.6) is 5.75 Å². The zero-order chi connectivity index (χ0) is 13.1. The maximum Gasteiger partial charge on any atom is 0.573 e. The van der Waals surface area contributed by atoms with Gasteiger partial charge in [-0.15, -0.1) is 13.2 Å². The average molecular weight is 249 g/mol. The molecule has 1 amide bonds. The first-order chi connectivity index (χ1) is 7.78. The molecule has 1 aromatic rings. The minimum atomic E-state index is -4.86. The summed E-state index contributed by atoms with van der Waals surface area (Å²) < 4.78 is 52.3. The number of rotatable bonds is 3. The third-order valence-electron chi connectivity index (χ3n) is 1.63. The Balaban J connectivity index is 2.98. The van der Waals surface area contributed by atoms with Gasteiger partial charge in [0.25, 0.3) is 0 Å². The van der Waals surface area contributed by atoms with Gasteiger partial charge in [0.05, 0.1) is 0 Å². The Labute approximate surface area is 93.5 Å². The van der Waals surface area contributed by atoms with Crippen molar-refractivity contribution in [3.05, 3.63) is 35.7 Å². The summed E-state index contributed by atoms with van der Waals surface area (Å²) in [7, 11) is 0. The number of hydrogen-bond donors (Lipinski definition) is 1. The molecule has 0 heterocycles. The molecule has 0 spiro atoms. The molecule has 0 unspecified atom stereocenters. The van der Waals surface area contributed by atoms with Gasteiger partial charge in [0.1, 0.15) is 11.6 Å². The maximum absolute atomic E-state index is 13.1. The van der Waals surface area contributed by atoms with E-state index in [9.17, 15) is 22.4 Å². The molecule has 0 atom stereocenters. The number of halogens is 4. The quantitative estimate of drug-likeness (QED) is 0.659. The number of benzene rings is 1. The highest BCUT2D eigenvalue weighted by atomic mass is 19.4. The standard InChI is InChI=1S/C10H7F4NO2/c11-8-3-2-7(17-10(12,13)14)5-6(8)1-4-9(15)16/h1-5H,(H2,15,16)/b4-1+. The van der Waals surface area contributed by atoms with E-state index in [-0.39, 0.29) is 5.56 Å². The third kappa shape index (κ3) is 4.54. The molecule has 1 rings (SSSR count). The van der Waals surface area contributed by atoms with E-state index >= 15 is 0 Å². The molecule has 3 nitrogen and oxygen atoms in total. The van der Waals surface area contributed by atoms with Gasteiger partial charge in [0.2, 0.25) is 5.91 Å². The fraction of sp³-hybridized carbons (Fsp3) is 0.100. The monoisotopic (exact) mass is 249 g/mol. The van der Waals surface area contributed by atoms with E-state index in [2.05, 4.69) is 4.74 Å². The molecule has 0 bridgehead atoms. The van der Waals surface area contributed by atoms with E-state index < -0.39 is 23.8 Å². The van der Waals surface area contributed by atoms with Crippen LogP contribution in [0, 0.1) is 5.82 Å². The molecule has 2 N–H and O–H groups in total. The summed E-state index contributed by atoms with van der Waals surface area (Å²) in [6.45, 7) is 0. The topological polar surface area (TPSA) is 52.3 Å². The van der Waals surface area contributed by atoms with Gasteiger partial charge in [-0.05, 0) is 24.3 Å². The number of carbonyl (C=O) groups is 1. The van der Waals surface area contributed by atoms with E-state index in [1.54, 1.807) is 0 Å². The molecule has 1 aromatic carbocycles. The van der Waals surface area contributed by atoms with Crippen LogP contribution in [-0.4, -0.2) is 12.3 Å². The van der Waals surface area contributed by atoms with Gasteiger partial charge in [0.15, 0.2) is 0 Å². The summed E-state index contributed by atoms with van der Waals surface area (Å²) in [6.07, 6.45) is -3.07. The first-order valence-electron chi connectivity index (χ1n) is 4.31. The van der Waals surface area contributed by atoms with Crippen molar-refractivity contribution in [2.24, 2.45) is 5.73 Å². The summed E-state index contributed by atoms with van der Waals surface area (Å²) in [6, 6.07) is 2.43. The first-order valence-corrected chi connectivity index (χ1v) is 4.31. The van der Waals surface area contributed by atoms with Crippen LogP contribution in [0.3, 0.4) is 0 Å². The van der Waals surface area contributed by atoms with Crippen molar-refractivity contribution in [2.45, 2.75) is 6.36 Å². The normalized spacial score (nSPS) is 11.8. The van der Waals surface area contributed by atoms with Crippen LogP contribution < -0.4 is 10.5 Å². The van der Waals surface area contributed by atoms with Crippen molar-refractivity contribution < 1.29 is 27.1 Å². The van der Waals surface area contributed by atoms with Gasteiger partial charge in [-0.1, -0.05) is 0 Å². The van der Waals surface area contributed by atoms with Crippen LogP contribution in [0.25, 0.3) is 6.08 Å². The molecule has 0 aliphatic carbocycles. The van der Waals surface area contributed by atoms with Gasteiger partial charge in [-0.25, -0.2) is 4.39 Å². The van der Waals surface area contributed by atoms with Crippen LogP contribution in [0.15, 0.2) is 24.3 Å². The molecule has 0 aliphatic heterocycles. The Morgan fingerprint density at radius 1 is 1.35 bits per heavy atom. The molecule has 0 saturated carbocycles. The predicted molar refractivity (Wildman–Crippen MR) is 51.3 cm³/mol. The van der Waals surface area contributed by atoms with Gasteiger partial charge in [-0.2, -0.15) is 0 Å². The molecular formula is C10H7F4NO2. The number of amides is 1. The molecule has 0 saturated heterocycles. The molecule has 17 heavy (non-hydrogen) atoms.